The van der Waals surface area contributed by atoms with Crippen molar-refractivity contribution in [2.45, 2.75) is 45.3 Å². The van der Waals surface area contributed by atoms with E-state index in [1.165, 1.54) is 5.56 Å². The number of aromatic nitrogens is 2. The molecule has 1 heterocycles. The van der Waals surface area contributed by atoms with E-state index in [1.54, 1.807) is 0 Å². The third kappa shape index (κ3) is 5.73. The number of benzene rings is 2. The monoisotopic (exact) mass is 419 g/mol. The fraction of sp³-hybridized carbons (Fsp3) is 0.360. The molecule has 1 atom stereocenters. The lowest BCUT2D eigenvalue weighted by Crippen LogP contribution is -2.37. The van der Waals surface area contributed by atoms with Crippen LogP contribution in [0.15, 0.2) is 60.7 Å². The Morgan fingerprint density at radius 3 is 2.39 bits per heavy atom. The molecule has 0 bridgehead atoms. The average Bonchev–Trinajstić information content (AvgIpc) is 3.12. The molecular weight excluding hydrogens is 386 g/mol. The Labute approximate surface area is 185 Å². The van der Waals surface area contributed by atoms with E-state index < -0.39 is 0 Å². The van der Waals surface area contributed by atoms with E-state index in [2.05, 4.69) is 43.3 Å². The van der Waals surface area contributed by atoms with Crippen LogP contribution in [0.5, 0.6) is 0 Å². The maximum atomic E-state index is 12.7. The molecule has 6 nitrogen and oxygen atoms in total. The molecule has 164 valence electrons. The molecule has 0 aliphatic carbocycles. The maximum absolute atomic E-state index is 12.7. The number of carbonyl (C=O) groups is 1. The van der Waals surface area contributed by atoms with Gasteiger partial charge < -0.3 is 11.1 Å². The number of nitrogens with zero attached hydrogens (tertiary/aromatic N) is 3. The second kappa shape index (κ2) is 9.35. The minimum absolute atomic E-state index is 0.0899. The smallest absolute Gasteiger partial charge is 0.252 e. The predicted molar refractivity (Wildman–Crippen MR) is 126 cm³/mol. The molecule has 3 aromatic rings. The zero-order chi connectivity index (χ0) is 22.6. The SMILES string of the molecule is CN(C)C(NC(=O)c1ccccc1)c1cccc(CCc2cc(N)n(C(C)(C)C)n2)c1. The lowest BCUT2D eigenvalue weighted by molar-refractivity contribution is 0.0889. The molecule has 3 rings (SSSR count). The van der Waals surface area contributed by atoms with Gasteiger partial charge >= 0.3 is 0 Å². The van der Waals surface area contributed by atoms with Crippen LogP contribution in [-0.2, 0) is 18.4 Å². The summed E-state index contributed by atoms with van der Waals surface area (Å²) in [5.41, 5.74) is 9.88. The number of anilines is 1. The zero-order valence-corrected chi connectivity index (χ0v) is 19.1. The minimum atomic E-state index is -0.219. The Morgan fingerprint density at radius 2 is 1.77 bits per heavy atom. The van der Waals surface area contributed by atoms with E-state index in [1.807, 2.05) is 72.2 Å². The first-order valence-electron chi connectivity index (χ1n) is 10.6. The Bertz CT molecular complexity index is 1020. The van der Waals surface area contributed by atoms with Crippen molar-refractivity contribution < 1.29 is 4.79 Å². The summed E-state index contributed by atoms with van der Waals surface area (Å²) in [5.74, 6) is 0.598. The summed E-state index contributed by atoms with van der Waals surface area (Å²) in [7, 11) is 3.93. The van der Waals surface area contributed by atoms with Gasteiger partial charge in [0.2, 0.25) is 0 Å². The first kappa shape index (κ1) is 22.6. The zero-order valence-electron chi connectivity index (χ0n) is 19.1. The fourth-order valence-corrected chi connectivity index (χ4v) is 3.61. The van der Waals surface area contributed by atoms with Crippen LogP contribution in [-0.4, -0.2) is 34.7 Å². The number of rotatable bonds is 7. The summed E-state index contributed by atoms with van der Waals surface area (Å²) in [6, 6.07) is 19.6. The van der Waals surface area contributed by atoms with Gasteiger partial charge in [0.15, 0.2) is 0 Å². The van der Waals surface area contributed by atoms with Gasteiger partial charge in [-0.05, 0) is 71.0 Å². The van der Waals surface area contributed by atoms with Gasteiger partial charge in [-0.25, -0.2) is 4.68 Å². The summed E-state index contributed by atoms with van der Waals surface area (Å²) in [5, 5.41) is 7.81. The molecule has 0 aliphatic heterocycles. The summed E-state index contributed by atoms with van der Waals surface area (Å²) < 4.78 is 1.87. The number of amides is 1. The molecule has 1 amide bonds. The predicted octanol–water partition coefficient (Wildman–Crippen LogP) is 4.00. The average molecular weight is 420 g/mol. The molecule has 3 N–H and O–H groups in total. The number of hydrogen-bond acceptors (Lipinski definition) is 4. The van der Waals surface area contributed by atoms with Crippen LogP contribution in [0.4, 0.5) is 5.82 Å². The van der Waals surface area contributed by atoms with Crippen LogP contribution < -0.4 is 11.1 Å². The topological polar surface area (TPSA) is 76.2 Å². The van der Waals surface area contributed by atoms with E-state index in [9.17, 15) is 4.79 Å². The lowest BCUT2D eigenvalue weighted by atomic mass is 10.0. The number of nitrogens with one attached hydrogen (secondary N) is 1. The second-order valence-electron chi connectivity index (χ2n) is 9.09. The number of aryl methyl sites for hydroxylation is 2. The molecule has 0 spiro atoms. The van der Waals surface area contributed by atoms with E-state index in [0.29, 0.717) is 11.4 Å². The third-order valence-corrected chi connectivity index (χ3v) is 5.18. The van der Waals surface area contributed by atoms with Gasteiger partial charge in [-0.2, -0.15) is 5.10 Å². The standard InChI is InChI=1S/C25H33N5O/c1-25(2,3)30-22(26)17-21(28-30)15-14-18-10-9-13-20(16-18)23(29(4)5)27-24(31)19-11-7-6-8-12-19/h6-13,16-17,23H,14-15,26H2,1-5H3,(H,27,31). The van der Waals surface area contributed by atoms with Crippen molar-refractivity contribution in [3.05, 3.63) is 83.0 Å². The molecule has 1 unspecified atom stereocenters. The first-order valence-corrected chi connectivity index (χ1v) is 10.6. The Kier molecular flexibility index (Phi) is 6.81. The van der Waals surface area contributed by atoms with Crippen LogP contribution in [0.2, 0.25) is 0 Å². The van der Waals surface area contributed by atoms with Gasteiger partial charge in [0.1, 0.15) is 12.0 Å². The normalized spacial score (nSPS) is 12.7. The summed E-state index contributed by atoms with van der Waals surface area (Å²) in [6.07, 6.45) is 1.43. The second-order valence-corrected chi connectivity index (χ2v) is 9.09. The van der Waals surface area contributed by atoms with Crippen LogP contribution in [0.25, 0.3) is 0 Å². The van der Waals surface area contributed by atoms with Gasteiger partial charge in [0.05, 0.1) is 11.2 Å². The first-order chi connectivity index (χ1) is 14.6. The molecule has 0 radical (unpaired) electrons. The van der Waals surface area contributed by atoms with Crippen LogP contribution in [0.1, 0.15) is 54.1 Å². The van der Waals surface area contributed by atoms with E-state index in [-0.39, 0.29) is 17.6 Å². The van der Waals surface area contributed by atoms with Crippen molar-refractivity contribution in [3.63, 3.8) is 0 Å². The van der Waals surface area contributed by atoms with Crippen molar-refractivity contribution in [2.24, 2.45) is 0 Å². The fourth-order valence-electron chi connectivity index (χ4n) is 3.61. The molecule has 0 fully saturated rings. The molecule has 2 aromatic carbocycles. The molecule has 31 heavy (non-hydrogen) atoms. The highest BCUT2D eigenvalue weighted by Crippen LogP contribution is 2.21. The molecule has 0 aliphatic rings. The van der Waals surface area contributed by atoms with Crippen LogP contribution >= 0.6 is 0 Å². The highest BCUT2D eigenvalue weighted by atomic mass is 16.1. The third-order valence-electron chi connectivity index (χ3n) is 5.18. The van der Waals surface area contributed by atoms with Gasteiger partial charge in [-0.1, -0.05) is 42.5 Å². The van der Waals surface area contributed by atoms with E-state index in [4.69, 9.17) is 5.73 Å². The van der Waals surface area contributed by atoms with Gasteiger partial charge in [0, 0.05) is 11.6 Å². The number of carbonyl (C=O) groups excluding carboxylic acids is 1. The Hall–Kier alpha value is -3.12. The highest BCUT2D eigenvalue weighted by Gasteiger charge is 2.19. The summed E-state index contributed by atoms with van der Waals surface area (Å²) >= 11 is 0. The maximum Gasteiger partial charge on any atom is 0.252 e. The summed E-state index contributed by atoms with van der Waals surface area (Å²) in [4.78, 5) is 14.7. The quantitative estimate of drug-likeness (QED) is 0.568. The van der Waals surface area contributed by atoms with Gasteiger partial charge in [-0.15, -0.1) is 0 Å². The summed E-state index contributed by atoms with van der Waals surface area (Å²) in [6.45, 7) is 6.28. The number of hydrogen-bond donors (Lipinski definition) is 2. The van der Waals surface area contributed by atoms with Crippen molar-refractivity contribution >= 4 is 11.7 Å². The van der Waals surface area contributed by atoms with E-state index >= 15 is 0 Å². The van der Waals surface area contributed by atoms with Crippen LogP contribution in [0, 0.1) is 0 Å². The van der Waals surface area contributed by atoms with Crippen molar-refractivity contribution in [1.82, 2.24) is 20.0 Å². The minimum Gasteiger partial charge on any atom is -0.384 e. The molecule has 0 saturated heterocycles. The van der Waals surface area contributed by atoms with E-state index in [0.717, 1.165) is 24.1 Å². The van der Waals surface area contributed by atoms with Crippen molar-refractivity contribution in [1.29, 1.82) is 0 Å². The van der Waals surface area contributed by atoms with Crippen LogP contribution in [0.3, 0.4) is 0 Å². The van der Waals surface area contributed by atoms with Gasteiger partial charge in [-0.3, -0.25) is 9.69 Å². The largest absolute Gasteiger partial charge is 0.384 e. The number of nitrogens with two attached hydrogens (primary N) is 1. The molecule has 6 heteroatoms. The Balaban J connectivity index is 1.72. The van der Waals surface area contributed by atoms with Crippen molar-refractivity contribution in [2.75, 3.05) is 19.8 Å². The van der Waals surface area contributed by atoms with Gasteiger partial charge in [0.25, 0.3) is 5.91 Å². The lowest BCUT2D eigenvalue weighted by Gasteiger charge is -2.26. The molecule has 1 aromatic heterocycles. The highest BCUT2D eigenvalue weighted by molar-refractivity contribution is 5.94. The number of nitrogen functional groups attached to an aromatic ring is 1. The van der Waals surface area contributed by atoms with Crippen molar-refractivity contribution in [3.8, 4) is 0 Å². The Morgan fingerprint density at radius 1 is 1.06 bits per heavy atom. The molecule has 0 saturated carbocycles. The molecular formula is C25H33N5O.